The third-order valence-corrected chi connectivity index (χ3v) is 6.60. The zero-order valence-electron chi connectivity index (χ0n) is 15.4. The monoisotopic (exact) mass is 322 g/mol. The van der Waals surface area contributed by atoms with Gasteiger partial charge in [0.05, 0.1) is 6.67 Å². The van der Waals surface area contributed by atoms with E-state index in [0.717, 1.165) is 30.1 Å². The number of rotatable bonds is 9. The fourth-order valence-electron chi connectivity index (χ4n) is 5.02. The standard InChI is InChI=1S/C22H39F/c1-2-3-8-19-10-14-21(15-11-19)22-16-12-20(13-17-22)9-6-4-5-7-18-23/h4-5,19-22H,2-3,6-18H2,1H3/b5-4+/t19-,20?,21-,22?. The summed E-state index contributed by atoms with van der Waals surface area (Å²) in [6, 6.07) is 0. The van der Waals surface area contributed by atoms with E-state index in [1.807, 2.05) is 6.08 Å². The first kappa shape index (κ1) is 19.0. The van der Waals surface area contributed by atoms with Gasteiger partial charge in [-0.1, -0.05) is 64.0 Å². The van der Waals surface area contributed by atoms with Gasteiger partial charge in [0.15, 0.2) is 0 Å². The van der Waals surface area contributed by atoms with Gasteiger partial charge in [-0.3, -0.25) is 4.39 Å². The van der Waals surface area contributed by atoms with Crippen LogP contribution in [0.3, 0.4) is 0 Å². The first-order chi connectivity index (χ1) is 11.3. The quantitative estimate of drug-likeness (QED) is 0.386. The lowest BCUT2D eigenvalue weighted by Gasteiger charge is -2.38. The van der Waals surface area contributed by atoms with Crippen LogP contribution in [0.5, 0.6) is 0 Å². The first-order valence-electron chi connectivity index (χ1n) is 10.5. The maximum absolute atomic E-state index is 12.0. The third kappa shape index (κ3) is 6.98. The highest BCUT2D eigenvalue weighted by atomic mass is 19.1. The van der Waals surface area contributed by atoms with Gasteiger partial charge in [0, 0.05) is 0 Å². The van der Waals surface area contributed by atoms with E-state index in [-0.39, 0.29) is 6.67 Å². The molecule has 0 spiro atoms. The van der Waals surface area contributed by atoms with Crippen molar-refractivity contribution in [1.29, 1.82) is 0 Å². The van der Waals surface area contributed by atoms with Crippen molar-refractivity contribution in [1.82, 2.24) is 0 Å². The fourth-order valence-corrected chi connectivity index (χ4v) is 5.02. The van der Waals surface area contributed by atoms with Crippen molar-refractivity contribution in [2.75, 3.05) is 6.67 Å². The van der Waals surface area contributed by atoms with Crippen molar-refractivity contribution in [2.45, 2.75) is 96.8 Å². The lowest BCUT2D eigenvalue weighted by atomic mass is 9.68. The Hall–Kier alpha value is -0.330. The van der Waals surface area contributed by atoms with Crippen molar-refractivity contribution in [3.63, 3.8) is 0 Å². The highest BCUT2D eigenvalue weighted by Gasteiger charge is 2.30. The highest BCUT2D eigenvalue weighted by molar-refractivity contribution is 4.85. The van der Waals surface area contributed by atoms with Crippen LogP contribution < -0.4 is 0 Å². The van der Waals surface area contributed by atoms with Gasteiger partial charge in [-0.05, 0) is 68.6 Å². The number of hydrogen-bond donors (Lipinski definition) is 0. The molecule has 2 fully saturated rings. The third-order valence-electron chi connectivity index (χ3n) is 6.60. The van der Waals surface area contributed by atoms with Gasteiger partial charge in [-0.15, -0.1) is 0 Å². The number of allylic oxidation sites excluding steroid dienone is 2. The summed E-state index contributed by atoms with van der Waals surface area (Å²) in [5.41, 5.74) is 0. The van der Waals surface area contributed by atoms with Crippen LogP contribution in [0.25, 0.3) is 0 Å². The van der Waals surface area contributed by atoms with Crippen LogP contribution >= 0.6 is 0 Å². The van der Waals surface area contributed by atoms with Crippen LogP contribution in [0.1, 0.15) is 96.8 Å². The lowest BCUT2D eigenvalue weighted by molar-refractivity contribution is 0.141. The molecule has 0 amide bonds. The van der Waals surface area contributed by atoms with Crippen LogP contribution in [0, 0.1) is 23.7 Å². The molecule has 0 aromatic rings. The molecule has 0 saturated heterocycles. The summed E-state index contributed by atoms with van der Waals surface area (Å²) in [7, 11) is 0. The van der Waals surface area contributed by atoms with Crippen molar-refractivity contribution in [3.8, 4) is 0 Å². The predicted octanol–water partition coefficient (Wildman–Crippen LogP) is 7.49. The second-order valence-electron chi connectivity index (χ2n) is 8.23. The maximum Gasteiger partial charge on any atom is 0.0928 e. The zero-order valence-corrected chi connectivity index (χ0v) is 15.4. The van der Waals surface area contributed by atoms with Gasteiger partial charge in [-0.2, -0.15) is 0 Å². The minimum absolute atomic E-state index is 0.206. The molecular formula is C22H39F. The molecule has 0 radical (unpaired) electrons. The Morgan fingerprint density at radius 1 is 0.739 bits per heavy atom. The van der Waals surface area contributed by atoms with E-state index in [1.165, 1.54) is 77.0 Å². The second kappa shape index (κ2) is 11.3. The summed E-state index contributed by atoms with van der Waals surface area (Å²) in [5, 5.41) is 0. The molecule has 0 aliphatic heterocycles. The lowest BCUT2D eigenvalue weighted by Crippen LogP contribution is -2.25. The minimum atomic E-state index is -0.206. The van der Waals surface area contributed by atoms with E-state index in [4.69, 9.17) is 0 Å². The largest absolute Gasteiger partial charge is 0.251 e. The molecule has 0 aromatic heterocycles. The molecule has 134 valence electrons. The molecule has 23 heavy (non-hydrogen) atoms. The van der Waals surface area contributed by atoms with E-state index >= 15 is 0 Å². The maximum atomic E-state index is 12.0. The van der Waals surface area contributed by atoms with E-state index in [0.29, 0.717) is 6.42 Å². The Kier molecular flexibility index (Phi) is 9.31. The summed E-state index contributed by atoms with van der Waals surface area (Å²) >= 11 is 0. The summed E-state index contributed by atoms with van der Waals surface area (Å²) < 4.78 is 12.0. The number of halogens is 1. The van der Waals surface area contributed by atoms with Crippen molar-refractivity contribution in [2.24, 2.45) is 23.7 Å². The first-order valence-corrected chi connectivity index (χ1v) is 10.5. The predicted molar refractivity (Wildman–Crippen MR) is 99.4 cm³/mol. The summed E-state index contributed by atoms with van der Waals surface area (Å²) in [6.45, 7) is 2.11. The van der Waals surface area contributed by atoms with Gasteiger partial charge < -0.3 is 0 Å². The molecule has 2 aliphatic carbocycles. The molecule has 2 aliphatic rings. The molecule has 0 bridgehead atoms. The van der Waals surface area contributed by atoms with E-state index in [9.17, 15) is 4.39 Å². The molecule has 2 rings (SSSR count). The topological polar surface area (TPSA) is 0 Å². The Bertz CT molecular complexity index is 306. The number of unbranched alkanes of at least 4 members (excludes halogenated alkanes) is 1. The SMILES string of the molecule is CCCC[C@H]1CC[C@H](C2CCC(CC/C=C/CCF)CC2)CC1. The van der Waals surface area contributed by atoms with Gasteiger partial charge in [0.2, 0.25) is 0 Å². The van der Waals surface area contributed by atoms with E-state index < -0.39 is 0 Å². The zero-order chi connectivity index (χ0) is 16.3. The summed E-state index contributed by atoms with van der Waals surface area (Å²) in [6.07, 6.45) is 23.6. The molecule has 0 N–H and O–H groups in total. The minimum Gasteiger partial charge on any atom is -0.251 e. The average Bonchev–Trinajstić information content (AvgIpc) is 2.61. The van der Waals surface area contributed by atoms with Crippen molar-refractivity contribution < 1.29 is 4.39 Å². The normalized spacial score (nSPS) is 32.4. The van der Waals surface area contributed by atoms with Gasteiger partial charge in [-0.25, -0.2) is 0 Å². The van der Waals surface area contributed by atoms with Crippen molar-refractivity contribution in [3.05, 3.63) is 12.2 Å². The van der Waals surface area contributed by atoms with E-state index in [1.54, 1.807) is 0 Å². The molecule has 0 unspecified atom stereocenters. The van der Waals surface area contributed by atoms with Crippen LogP contribution in [0.2, 0.25) is 0 Å². The highest BCUT2D eigenvalue weighted by Crippen LogP contribution is 2.43. The Morgan fingerprint density at radius 3 is 1.78 bits per heavy atom. The smallest absolute Gasteiger partial charge is 0.0928 e. The van der Waals surface area contributed by atoms with Crippen LogP contribution in [-0.2, 0) is 0 Å². The molecule has 1 heteroatoms. The molecule has 0 aromatic carbocycles. The number of hydrogen-bond acceptors (Lipinski definition) is 0. The van der Waals surface area contributed by atoms with Gasteiger partial charge in [0.1, 0.15) is 0 Å². The van der Waals surface area contributed by atoms with E-state index in [2.05, 4.69) is 13.0 Å². The average molecular weight is 323 g/mol. The van der Waals surface area contributed by atoms with Crippen LogP contribution in [0.4, 0.5) is 4.39 Å². The molecule has 0 heterocycles. The Morgan fingerprint density at radius 2 is 1.26 bits per heavy atom. The van der Waals surface area contributed by atoms with Gasteiger partial charge >= 0.3 is 0 Å². The summed E-state index contributed by atoms with van der Waals surface area (Å²) in [5.74, 6) is 4.10. The second-order valence-corrected chi connectivity index (χ2v) is 8.23. The molecule has 0 atom stereocenters. The Labute approximate surface area is 144 Å². The molecule has 2 saturated carbocycles. The Balaban J connectivity index is 1.58. The molecular weight excluding hydrogens is 283 g/mol. The van der Waals surface area contributed by atoms with Gasteiger partial charge in [0.25, 0.3) is 0 Å². The number of alkyl halides is 1. The molecule has 0 nitrogen and oxygen atoms in total. The summed E-state index contributed by atoms with van der Waals surface area (Å²) in [4.78, 5) is 0. The van der Waals surface area contributed by atoms with Crippen molar-refractivity contribution >= 4 is 0 Å². The van der Waals surface area contributed by atoms with Crippen LogP contribution in [0.15, 0.2) is 12.2 Å². The van der Waals surface area contributed by atoms with Crippen LogP contribution in [-0.4, -0.2) is 6.67 Å². The fraction of sp³-hybridized carbons (Fsp3) is 0.909.